The van der Waals surface area contributed by atoms with Crippen LogP contribution < -0.4 is 0 Å². The van der Waals surface area contributed by atoms with Crippen LogP contribution in [0.1, 0.15) is 193 Å². The van der Waals surface area contributed by atoms with Crippen molar-refractivity contribution in [2.24, 2.45) is 142 Å². The third kappa shape index (κ3) is 5.35. The quantitative estimate of drug-likeness (QED) is 0.271. The predicted molar refractivity (Wildman–Crippen MR) is 222 cm³/mol. The van der Waals surface area contributed by atoms with Crippen LogP contribution in [-0.2, 0) is 0 Å². The zero-order chi connectivity index (χ0) is 35.1. The van der Waals surface area contributed by atoms with Crippen LogP contribution in [0, 0.1) is 142 Å². The molecule has 13 aliphatic carbocycles. The Morgan fingerprint density at radius 1 is 0.148 bits per heavy atom. The zero-order valence-corrected chi connectivity index (χ0v) is 35.1. The molecule has 0 amide bonds. The van der Waals surface area contributed by atoms with Gasteiger partial charge in [0.25, 0.3) is 0 Å². The van der Waals surface area contributed by atoms with Gasteiger partial charge in [0.15, 0.2) is 0 Å². The average molecular weight is 733 g/mol. The zero-order valence-electron chi connectivity index (χ0n) is 35.1. The Kier molecular flexibility index (Phi) is 8.88. The third-order valence-corrected chi connectivity index (χ3v) is 24.4. The van der Waals surface area contributed by atoms with Gasteiger partial charge in [0.2, 0.25) is 0 Å². The van der Waals surface area contributed by atoms with E-state index in [9.17, 15) is 0 Å². The van der Waals surface area contributed by atoms with E-state index in [2.05, 4.69) is 0 Å². The molecule has 0 heteroatoms. The van der Waals surface area contributed by atoms with E-state index in [0.717, 1.165) is 107 Å². The topological polar surface area (TPSA) is 0 Å². The Hall–Kier alpha value is 0. The summed E-state index contributed by atoms with van der Waals surface area (Å²) in [6.45, 7) is 0. The molecule has 300 valence electrons. The number of hydrogen-bond acceptors (Lipinski definition) is 0. The fraction of sp³-hybridized carbons (Fsp3) is 1.00. The molecule has 54 heavy (non-hydrogen) atoms. The molecule has 21 atom stereocenters. The van der Waals surface area contributed by atoms with E-state index in [1.165, 1.54) is 35.5 Å². The highest BCUT2D eigenvalue weighted by molar-refractivity contribution is 5.09. The van der Waals surface area contributed by atoms with Crippen molar-refractivity contribution in [3.05, 3.63) is 0 Å². The predicted octanol–water partition coefficient (Wildman–Crippen LogP) is 14.7. The summed E-state index contributed by atoms with van der Waals surface area (Å²) in [4.78, 5) is 0. The van der Waals surface area contributed by atoms with E-state index in [1.54, 1.807) is 193 Å². The highest BCUT2D eigenvalue weighted by Gasteiger charge is 2.60. The highest BCUT2D eigenvalue weighted by atomic mass is 14.6. The second-order valence-corrected chi connectivity index (χ2v) is 25.3. The molecule has 0 saturated heterocycles. The highest BCUT2D eigenvalue weighted by Crippen LogP contribution is 2.68. The van der Waals surface area contributed by atoms with Gasteiger partial charge in [0, 0.05) is 0 Å². The minimum absolute atomic E-state index is 1.12. The Morgan fingerprint density at radius 2 is 0.352 bits per heavy atom. The summed E-state index contributed by atoms with van der Waals surface area (Å²) >= 11 is 0. The van der Waals surface area contributed by atoms with Crippen LogP contribution in [0.2, 0.25) is 0 Å². The summed E-state index contributed by atoms with van der Waals surface area (Å²) in [5.74, 6) is 27.5. The molecule has 13 saturated carbocycles. The number of rotatable bonds is 3. The van der Waals surface area contributed by atoms with Crippen molar-refractivity contribution in [3.8, 4) is 0 Å². The molecule has 0 aromatic heterocycles. The van der Waals surface area contributed by atoms with E-state index < -0.39 is 0 Å². The van der Waals surface area contributed by atoms with Gasteiger partial charge >= 0.3 is 0 Å². The normalized spacial score (nSPS) is 61.3. The first-order valence-electron chi connectivity index (χ1n) is 26.7. The first-order valence-corrected chi connectivity index (χ1v) is 26.7. The molecule has 0 aromatic carbocycles. The summed E-state index contributed by atoms with van der Waals surface area (Å²) in [6, 6.07) is 0. The molecule has 21 unspecified atom stereocenters. The van der Waals surface area contributed by atoms with Gasteiger partial charge in [-0.1, -0.05) is 57.8 Å². The van der Waals surface area contributed by atoms with Crippen LogP contribution in [0.5, 0.6) is 0 Å². The summed E-state index contributed by atoms with van der Waals surface area (Å²) in [5.41, 5.74) is 0. The van der Waals surface area contributed by atoms with E-state index >= 15 is 0 Å². The van der Waals surface area contributed by atoms with Crippen molar-refractivity contribution >= 4 is 0 Å². The monoisotopic (exact) mass is 733 g/mol. The fourth-order valence-electron chi connectivity index (χ4n) is 23.3. The van der Waals surface area contributed by atoms with Crippen LogP contribution in [0.3, 0.4) is 0 Å². The van der Waals surface area contributed by atoms with Crippen LogP contribution in [-0.4, -0.2) is 0 Å². The minimum Gasteiger partial charge on any atom is -0.0528 e. The van der Waals surface area contributed by atoms with E-state index in [-0.39, 0.29) is 0 Å². The Bertz CT molecular complexity index is 1180. The summed E-state index contributed by atoms with van der Waals surface area (Å²) in [6.07, 6.45) is 49.5. The van der Waals surface area contributed by atoms with Crippen molar-refractivity contribution in [3.63, 3.8) is 0 Å². The summed E-state index contributed by atoms with van der Waals surface area (Å²) in [7, 11) is 0. The van der Waals surface area contributed by atoms with E-state index in [4.69, 9.17) is 0 Å². The standard InChI is InChI=1S/C54H84/c1-4-31-10-13-37-16-22-43(46-25-19-34(7-1)49(31)52(37)46)40-28-41(44-23-17-38-14-11-32-5-2-8-35-20-26-47(44)53(38)50(32)35)30-42(29-40)45-24-18-39-15-12-33-6-3-9-36-21-27-48(45)54(39)51(33)36/h31-54H,1-30H2. The smallest absolute Gasteiger partial charge is 0.0321 e. The van der Waals surface area contributed by atoms with Crippen LogP contribution >= 0.6 is 0 Å². The van der Waals surface area contributed by atoms with Crippen LogP contribution in [0.15, 0.2) is 0 Å². The largest absolute Gasteiger partial charge is 0.0528 e. The maximum atomic E-state index is 1.72. The van der Waals surface area contributed by atoms with Gasteiger partial charge in [-0.3, -0.25) is 0 Å². The molecule has 0 nitrogen and oxygen atoms in total. The summed E-state index contributed by atoms with van der Waals surface area (Å²) in [5, 5.41) is 0. The Morgan fingerprint density at radius 3 is 0.611 bits per heavy atom. The van der Waals surface area contributed by atoms with E-state index in [1.807, 2.05) is 0 Å². The maximum absolute atomic E-state index is 1.72. The van der Waals surface area contributed by atoms with Crippen molar-refractivity contribution in [1.29, 1.82) is 0 Å². The lowest BCUT2D eigenvalue weighted by molar-refractivity contribution is -0.138. The first-order chi connectivity index (χ1) is 26.7. The van der Waals surface area contributed by atoms with Crippen molar-refractivity contribution in [1.82, 2.24) is 0 Å². The molecular formula is C54H84. The molecule has 0 bridgehead atoms. The van der Waals surface area contributed by atoms with Gasteiger partial charge < -0.3 is 0 Å². The molecule has 0 heterocycles. The maximum Gasteiger partial charge on any atom is -0.0321 e. The molecule has 13 fully saturated rings. The van der Waals surface area contributed by atoms with Gasteiger partial charge in [-0.15, -0.1) is 0 Å². The van der Waals surface area contributed by atoms with Crippen LogP contribution in [0.25, 0.3) is 0 Å². The Labute approximate surface area is 333 Å². The second kappa shape index (κ2) is 13.8. The molecule has 0 spiro atoms. The summed E-state index contributed by atoms with van der Waals surface area (Å²) < 4.78 is 0. The molecule has 0 aliphatic heterocycles. The van der Waals surface area contributed by atoms with E-state index in [0.29, 0.717) is 0 Å². The molecule has 0 N–H and O–H groups in total. The molecular weight excluding hydrogens is 649 g/mol. The molecule has 13 rings (SSSR count). The molecule has 0 radical (unpaired) electrons. The lowest BCUT2D eigenvalue weighted by Crippen LogP contribution is -2.55. The van der Waals surface area contributed by atoms with Gasteiger partial charge in [-0.2, -0.15) is 0 Å². The van der Waals surface area contributed by atoms with Gasteiger partial charge in [-0.25, -0.2) is 0 Å². The fourth-order valence-corrected chi connectivity index (χ4v) is 23.3. The average Bonchev–Trinajstić information content (AvgIpc) is 3.23. The molecule has 0 aromatic rings. The van der Waals surface area contributed by atoms with Gasteiger partial charge in [0.1, 0.15) is 0 Å². The first kappa shape index (κ1) is 34.8. The van der Waals surface area contributed by atoms with Crippen LogP contribution in [0.4, 0.5) is 0 Å². The van der Waals surface area contributed by atoms with Gasteiger partial charge in [0.05, 0.1) is 0 Å². The minimum atomic E-state index is 1.12. The Balaban J connectivity index is 0.832. The van der Waals surface area contributed by atoms with Crippen molar-refractivity contribution in [2.45, 2.75) is 193 Å². The van der Waals surface area contributed by atoms with Crippen molar-refractivity contribution < 1.29 is 0 Å². The lowest BCUT2D eigenvalue weighted by atomic mass is 9.42. The molecule has 13 aliphatic rings. The van der Waals surface area contributed by atoms with Gasteiger partial charge in [-0.05, 0) is 277 Å². The lowest BCUT2D eigenvalue weighted by Gasteiger charge is -2.63. The van der Waals surface area contributed by atoms with Crippen molar-refractivity contribution in [2.75, 3.05) is 0 Å². The SMILES string of the molecule is C1CC2CCC3CCC(C4CC(C5CCC6CCC7CCCC8CCC5C6C78)CC(C5CCC6CCC7CCCC8CCC5C6C78)C4)C4CCC(C1)C2C34. The third-order valence-electron chi connectivity index (χ3n) is 24.4. The second-order valence-electron chi connectivity index (χ2n) is 25.3. The number of hydrogen-bond donors (Lipinski definition) is 0.